The van der Waals surface area contributed by atoms with Crippen molar-refractivity contribution in [3.8, 4) is 11.5 Å². The zero-order valence-electron chi connectivity index (χ0n) is 9.23. The Morgan fingerprint density at radius 3 is 2.73 bits per heavy atom. The summed E-state index contributed by atoms with van der Waals surface area (Å²) in [5, 5.41) is 9.39. The van der Waals surface area contributed by atoms with Crippen LogP contribution in [0.5, 0.6) is 11.5 Å². The molecule has 1 fully saturated rings. The number of hydrogen-bond acceptors (Lipinski definition) is 3. The van der Waals surface area contributed by atoms with Gasteiger partial charge in [-0.15, -0.1) is 0 Å². The van der Waals surface area contributed by atoms with E-state index in [1.54, 1.807) is 12.1 Å². The molecule has 1 saturated carbocycles. The normalized spacial score (nSPS) is 15.1. The molecule has 0 spiro atoms. The summed E-state index contributed by atoms with van der Waals surface area (Å²) < 4.78 is 5.72. The van der Waals surface area contributed by atoms with E-state index in [9.17, 15) is 5.11 Å². The fourth-order valence-corrected chi connectivity index (χ4v) is 1.47. The van der Waals surface area contributed by atoms with E-state index in [-0.39, 0.29) is 5.75 Å². The third-order valence-electron chi connectivity index (χ3n) is 2.60. The number of nitrogens with zero attached hydrogens (tertiary/aromatic N) is 1. The summed E-state index contributed by atoms with van der Waals surface area (Å²) in [7, 11) is 3.89. The predicted octanol–water partition coefficient (Wildman–Crippen LogP) is 2.25. The van der Waals surface area contributed by atoms with E-state index in [0.717, 1.165) is 24.0 Å². The van der Waals surface area contributed by atoms with E-state index in [4.69, 9.17) is 4.74 Å². The van der Waals surface area contributed by atoms with Crippen molar-refractivity contribution in [2.24, 2.45) is 5.92 Å². The van der Waals surface area contributed by atoms with Crippen LogP contribution in [0, 0.1) is 5.92 Å². The zero-order valence-corrected chi connectivity index (χ0v) is 9.23. The van der Waals surface area contributed by atoms with Crippen molar-refractivity contribution in [1.29, 1.82) is 0 Å². The van der Waals surface area contributed by atoms with E-state index in [0.29, 0.717) is 0 Å². The van der Waals surface area contributed by atoms with Crippen LogP contribution in [0.2, 0.25) is 0 Å². The Morgan fingerprint density at radius 2 is 2.13 bits per heavy atom. The minimum atomic E-state index is 0.275. The van der Waals surface area contributed by atoms with Crippen LogP contribution in [0.4, 0.5) is 5.69 Å². The Morgan fingerprint density at radius 1 is 1.40 bits per heavy atom. The second-order valence-corrected chi connectivity index (χ2v) is 4.30. The molecule has 0 aromatic heterocycles. The van der Waals surface area contributed by atoms with Gasteiger partial charge in [0.2, 0.25) is 0 Å². The molecule has 2 rings (SSSR count). The number of hydrogen-bond donors (Lipinski definition) is 1. The maximum atomic E-state index is 9.39. The summed E-state index contributed by atoms with van der Waals surface area (Å²) in [4.78, 5) is 1.95. The van der Waals surface area contributed by atoms with Crippen molar-refractivity contribution in [3.05, 3.63) is 18.2 Å². The molecule has 1 N–H and O–H groups in total. The van der Waals surface area contributed by atoms with Crippen molar-refractivity contribution in [3.63, 3.8) is 0 Å². The van der Waals surface area contributed by atoms with Crippen LogP contribution in [-0.2, 0) is 0 Å². The first-order chi connectivity index (χ1) is 7.16. The van der Waals surface area contributed by atoms with Crippen molar-refractivity contribution in [2.75, 3.05) is 25.6 Å². The van der Waals surface area contributed by atoms with Crippen LogP contribution in [0.25, 0.3) is 0 Å². The number of aromatic hydroxyl groups is 1. The summed E-state index contributed by atoms with van der Waals surface area (Å²) in [6, 6.07) is 5.21. The maximum Gasteiger partial charge on any atom is 0.142 e. The number of phenolic OH excluding ortho intramolecular Hbond substituents is 1. The summed E-state index contributed by atoms with van der Waals surface area (Å²) in [5.74, 6) is 1.87. The van der Waals surface area contributed by atoms with Crippen LogP contribution in [0.3, 0.4) is 0 Å². The van der Waals surface area contributed by atoms with E-state index in [2.05, 4.69) is 0 Å². The Hall–Kier alpha value is -1.38. The molecule has 3 heteroatoms. The Labute approximate surface area is 90.3 Å². The van der Waals surface area contributed by atoms with Gasteiger partial charge in [0.25, 0.3) is 0 Å². The first-order valence-electron chi connectivity index (χ1n) is 5.30. The van der Waals surface area contributed by atoms with E-state index >= 15 is 0 Å². The number of rotatable bonds is 4. The molecule has 1 aromatic carbocycles. The standard InChI is InChI=1S/C12H17NO2/c1-13(2)11-7-10(14)5-6-12(11)15-8-9-3-4-9/h5-7,9,14H,3-4,8H2,1-2H3. The van der Waals surface area contributed by atoms with Gasteiger partial charge in [-0.3, -0.25) is 0 Å². The highest BCUT2D eigenvalue weighted by Crippen LogP contribution is 2.34. The van der Waals surface area contributed by atoms with Crippen molar-refractivity contribution < 1.29 is 9.84 Å². The van der Waals surface area contributed by atoms with E-state index in [1.165, 1.54) is 12.8 Å². The van der Waals surface area contributed by atoms with Gasteiger partial charge in [-0.2, -0.15) is 0 Å². The quantitative estimate of drug-likeness (QED) is 0.822. The average molecular weight is 207 g/mol. The van der Waals surface area contributed by atoms with Crippen LogP contribution in [-0.4, -0.2) is 25.8 Å². The molecule has 15 heavy (non-hydrogen) atoms. The smallest absolute Gasteiger partial charge is 0.142 e. The molecule has 0 atom stereocenters. The fourth-order valence-electron chi connectivity index (χ4n) is 1.47. The fraction of sp³-hybridized carbons (Fsp3) is 0.500. The molecule has 0 aliphatic heterocycles. The number of ether oxygens (including phenoxy) is 1. The average Bonchev–Trinajstić information content (AvgIpc) is 2.99. The van der Waals surface area contributed by atoms with Gasteiger partial charge >= 0.3 is 0 Å². The Balaban J connectivity index is 2.12. The molecule has 0 amide bonds. The molecule has 1 aliphatic carbocycles. The molecule has 0 bridgehead atoms. The van der Waals surface area contributed by atoms with Crippen LogP contribution in [0.15, 0.2) is 18.2 Å². The summed E-state index contributed by atoms with van der Waals surface area (Å²) in [5.41, 5.74) is 0.927. The lowest BCUT2D eigenvalue weighted by Crippen LogP contribution is -2.11. The van der Waals surface area contributed by atoms with Crippen molar-refractivity contribution >= 4 is 5.69 Å². The van der Waals surface area contributed by atoms with Gasteiger partial charge in [0.15, 0.2) is 0 Å². The van der Waals surface area contributed by atoms with Gasteiger partial charge in [-0.25, -0.2) is 0 Å². The second kappa shape index (κ2) is 4.01. The van der Waals surface area contributed by atoms with Crippen LogP contribution in [0.1, 0.15) is 12.8 Å². The van der Waals surface area contributed by atoms with Gasteiger partial charge < -0.3 is 14.7 Å². The highest BCUT2D eigenvalue weighted by molar-refractivity contribution is 5.60. The van der Waals surface area contributed by atoms with Gasteiger partial charge in [0.05, 0.1) is 12.3 Å². The van der Waals surface area contributed by atoms with E-state index in [1.807, 2.05) is 25.1 Å². The lowest BCUT2D eigenvalue weighted by Gasteiger charge is -2.17. The summed E-state index contributed by atoms with van der Waals surface area (Å²) >= 11 is 0. The van der Waals surface area contributed by atoms with Gasteiger partial charge in [0, 0.05) is 20.2 Å². The monoisotopic (exact) mass is 207 g/mol. The van der Waals surface area contributed by atoms with Crippen molar-refractivity contribution in [1.82, 2.24) is 0 Å². The first-order valence-corrected chi connectivity index (χ1v) is 5.30. The third kappa shape index (κ3) is 2.55. The third-order valence-corrected chi connectivity index (χ3v) is 2.60. The second-order valence-electron chi connectivity index (χ2n) is 4.30. The Kier molecular flexibility index (Phi) is 2.71. The molecule has 0 radical (unpaired) electrons. The first kappa shape index (κ1) is 10.1. The molecular formula is C12H17NO2. The predicted molar refractivity (Wildman–Crippen MR) is 60.7 cm³/mol. The molecule has 0 saturated heterocycles. The topological polar surface area (TPSA) is 32.7 Å². The molecule has 0 heterocycles. The minimum absolute atomic E-state index is 0.275. The number of benzene rings is 1. The molecular weight excluding hydrogens is 190 g/mol. The largest absolute Gasteiger partial charge is 0.508 e. The summed E-state index contributed by atoms with van der Waals surface area (Å²) in [6.45, 7) is 0.797. The molecule has 1 aromatic rings. The number of phenols is 1. The highest BCUT2D eigenvalue weighted by atomic mass is 16.5. The van der Waals surface area contributed by atoms with Crippen LogP contribution >= 0.6 is 0 Å². The maximum absolute atomic E-state index is 9.39. The minimum Gasteiger partial charge on any atom is -0.508 e. The SMILES string of the molecule is CN(C)c1cc(O)ccc1OCC1CC1. The lowest BCUT2D eigenvalue weighted by molar-refractivity contribution is 0.300. The van der Waals surface area contributed by atoms with E-state index < -0.39 is 0 Å². The summed E-state index contributed by atoms with van der Waals surface area (Å²) in [6.07, 6.45) is 2.57. The van der Waals surface area contributed by atoms with Gasteiger partial charge in [-0.05, 0) is 30.9 Å². The molecule has 82 valence electrons. The van der Waals surface area contributed by atoms with Gasteiger partial charge in [-0.1, -0.05) is 0 Å². The lowest BCUT2D eigenvalue weighted by atomic mass is 10.2. The molecule has 1 aliphatic rings. The number of anilines is 1. The zero-order chi connectivity index (χ0) is 10.8. The van der Waals surface area contributed by atoms with Crippen LogP contribution < -0.4 is 9.64 Å². The van der Waals surface area contributed by atoms with Crippen molar-refractivity contribution in [2.45, 2.75) is 12.8 Å². The molecule has 0 unspecified atom stereocenters. The highest BCUT2D eigenvalue weighted by Gasteiger charge is 2.22. The Bertz CT molecular complexity index is 345. The van der Waals surface area contributed by atoms with Gasteiger partial charge in [0.1, 0.15) is 11.5 Å². The molecule has 3 nitrogen and oxygen atoms in total.